The Labute approximate surface area is 108 Å². The Balaban J connectivity index is 2.44. The molecule has 5 nitrogen and oxygen atoms in total. The summed E-state index contributed by atoms with van der Waals surface area (Å²) in [7, 11) is 0. The number of aromatic nitrogens is 1. The van der Waals surface area contributed by atoms with Crippen LogP contribution in [0.3, 0.4) is 0 Å². The predicted octanol–water partition coefficient (Wildman–Crippen LogP) is 3.16. The largest absolute Gasteiger partial charge is 0.507 e. The number of para-hydroxylation sites is 1. The maximum atomic E-state index is 11.0. The van der Waals surface area contributed by atoms with Crippen molar-refractivity contribution in [2.45, 2.75) is 16.8 Å². The van der Waals surface area contributed by atoms with E-state index >= 15 is 0 Å². The topological polar surface area (TPSA) is 76.3 Å². The highest BCUT2D eigenvalue weighted by molar-refractivity contribution is 7.99. The molecule has 1 aromatic heterocycles. The maximum absolute atomic E-state index is 11.0. The lowest BCUT2D eigenvalue weighted by Gasteiger charge is -2.05. The molecule has 1 N–H and O–H groups in total. The van der Waals surface area contributed by atoms with E-state index < -0.39 is 4.92 Å². The van der Waals surface area contributed by atoms with E-state index in [0.717, 1.165) is 11.8 Å². The van der Waals surface area contributed by atoms with Crippen LogP contribution in [0.4, 0.5) is 5.69 Å². The van der Waals surface area contributed by atoms with Crippen molar-refractivity contribution in [2.75, 3.05) is 0 Å². The molecule has 2 aromatic rings. The van der Waals surface area contributed by atoms with E-state index in [1.165, 1.54) is 12.3 Å². The van der Waals surface area contributed by atoms with Crippen molar-refractivity contribution in [1.29, 1.82) is 0 Å². The third-order valence-corrected chi connectivity index (χ3v) is 3.40. The summed E-state index contributed by atoms with van der Waals surface area (Å²) < 4.78 is 0. The molecule has 1 aromatic carbocycles. The van der Waals surface area contributed by atoms with Crippen LogP contribution in [0.1, 0.15) is 5.56 Å². The summed E-state index contributed by atoms with van der Waals surface area (Å²) in [6.45, 7) is 1.66. The van der Waals surface area contributed by atoms with Gasteiger partial charge in [0, 0.05) is 11.8 Å². The molecular formula is C12H10N2O3S. The quantitative estimate of drug-likeness (QED) is 0.679. The maximum Gasteiger partial charge on any atom is 0.304 e. The zero-order valence-electron chi connectivity index (χ0n) is 9.53. The van der Waals surface area contributed by atoms with Crippen LogP contribution in [0.2, 0.25) is 0 Å². The van der Waals surface area contributed by atoms with E-state index in [4.69, 9.17) is 0 Å². The van der Waals surface area contributed by atoms with E-state index in [1.54, 1.807) is 31.2 Å². The molecule has 0 atom stereocenters. The molecule has 0 fully saturated rings. The third kappa shape index (κ3) is 2.43. The van der Waals surface area contributed by atoms with E-state index in [2.05, 4.69) is 4.98 Å². The van der Waals surface area contributed by atoms with Crippen molar-refractivity contribution < 1.29 is 10.0 Å². The number of phenols is 1. The zero-order chi connectivity index (χ0) is 13.1. The first-order valence-corrected chi connectivity index (χ1v) is 5.97. The molecule has 1 heterocycles. The predicted molar refractivity (Wildman–Crippen MR) is 67.9 cm³/mol. The van der Waals surface area contributed by atoms with Gasteiger partial charge in [-0.05, 0) is 25.1 Å². The molecule has 2 rings (SSSR count). The minimum absolute atomic E-state index is 0.0225. The third-order valence-electron chi connectivity index (χ3n) is 2.35. The number of aromatic hydroxyl groups is 1. The molecule has 92 valence electrons. The van der Waals surface area contributed by atoms with Crippen LogP contribution in [0.15, 0.2) is 46.5 Å². The first kappa shape index (κ1) is 12.4. The van der Waals surface area contributed by atoms with E-state index in [0.29, 0.717) is 10.5 Å². The normalized spacial score (nSPS) is 10.3. The highest BCUT2D eigenvalue weighted by atomic mass is 32.2. The van der Waals surface area contributed by atoms with Gasteiger partial charge in [0.2, 0.25) is 0 Å². The Morgan fingerprint density at radius 1 is 1.33 bits per heavy atom. The Bertz CT molecular complexity index is 602. The summed E-state index contributed by atoms with van der Waals surface area (Å²) in [5, 5.41) is 20.9. The van der Waals surface area contributed by atoms with Gasteiger partial charge in [-0.2, -0.15) is 0 Å². The monoisotopic (exact) mass is 262 g/mol. The van der Waals surface area contributed by atoms with E-state index in [9.17, 15) is 15.2 Å². The molecule has 0 aliphatic heterocycles. The van der Waals surface area contributed by atoms with Gasteiger partial charge in [-0.25, -0.2) is 4.98 Å². The highest BCUT2D eigenvalue weighted by Gasteiger charge is 2.20. The van der Waals surface area contributed by atoms with Crippen LogP contribution in [-0.2, 0) is 0 Å². The summed E-state index contributed by atoms with van der Waals surface area (Å²) in [5.41, 5.74) is 0.527. The molecule has 0 spiro atoms. The molecular weight excluding hydrogens is 252 g/mol. The van der Waals surface area contributed by atoms with Crippen molar-refractivity contribution in [2.24, 2.45) is 0 Å². The number of nitro groups is 1. The average molecular weight is 262 g/mol. The molecule has 0 saturated carbocycles. The summed E-state index contributed by atoms with van der Waals surface area (Å²) >= 11 is 1.08. The minimum Gasteiger partial charge on any atom is -0.507 e. The zero-order valence-corrected chi connectivity index (χ0v) is 10.3. The lowest BCUT2D eigenvalue weighted by Crippen LogP contribution is -1.96. The van der Waals surface area contributed by atoms with Gasteiger partial charge >= 0.3 is 5.69 Å². The van der Waals surface area contributed by atoms with Crippen LogP contribution in [0.5, 0.6) is 5.75 Å². The van der Waals surface area contributed by atoms with Gasteiger partial charge in [0.15, 0.2) is 5.03 Å². The number of nitrogens with zero attached hydrogens (tertiary/aromatic N) is 2. The standard InChI is InChI=1S/C12H10N2O3S/c1-8-6-7-13-12(11(8)14(16)17)18-10-5-3-2-4-9(10)15/h2-7,15H,1H3. The van der Waals surface area contributed by atoms with Crippen molar-refractivity contribution in [1.82, 2.24) is 4.98 Å². The average Bonchev–Trinajstić information content (AvgIpc) is 2.31. The van der Waals surface area contributed by atoms with Crippen LogP contribution in [-0.4, -0.2) is 15.0 Å². The van der Waals surface area contributed by atoms with Gasteiger partial charge in [0.25, 0.3) is 0 Å². The number of phenolic OH excluding ortho intramolecular Hbond substituents is 1. The van der Waals surface area contributed by atoms with Crippen molar-refractivity contribution in [3.63, 3.8) is 0 Å². The highest BCUT2D eigenvalue weighted by Crippen LogP contribution is 2.38. The Morgan fingerprint density at radius 3 is 2.72 bits per heavy atom. The van der Waals surface area contributed by atoms with Gasteiger partial charge in [-0.15, -0.1) is 0 Å². The molecule has 0 amide bonds. The fraction of sp³-hybridized carbons (Fsp3) is 0.0833. The Hall–Kier alpha value is -2.08. The minimum atomic E-state index is -0.454. The second-order valence-corrected chi connectivity index (χ2v) is 4.64. The summed E-state index contributed by atoms with van der Waals surface area (Å²) in [6, 6.07) is 8.26. The van der Waals surface area contributed by atoms with Gasteiger partial charge in [-0.3, -0.25) is 10.1 Å². The Kier molecular flexibility index (Phi) is 3.47. The number of rotatable bonds is 3. The summed E-state index contributed by atoms with van der Waals surface area (Å²) in [5.74, 6) is 0.0834. The van der Waals surface area contributed by atoms with Crippen LogP contribution >= 0.6 is 11.8 Å². The molecule has 0 radical (unpaired) electrons. The number of aryl methyl sites for hydroxylation is 1. The van der Waals surface area contributed by atoms with Crippen LogP contribution in [0, 0.1) is 17.0 Å². The first-order valence-electron chi connectivity index (χ1n) is 5.15. The lowest BCUT2D eigenvalue weighted by atomic mass is 10.3. The number of pyridine rings is 1. The van der Waals surface area contributed by atoms with Crippen molar-refractivity contribution in [3.05, 3.63) is 52.2 Å². The molecule has 0 aliphatic rings. The fourth-order valence-electron chi connectivity index (χ4n) is 1.47. The molecule has 18 heavy (non-hydrogen) atoms. The molecule has 0 unspecified atom stereocenters. The van der Waals surface area contributed by atoms with Gasteiger partial charge in [0.1, 0.15) is 5.75 Å². The van der Waals surface area contributed by atoms with Crippen molar-refractivity contribution in [3.8, 4) is 5.75 Å². The van der Waals surface area contributed by atoms with E-state index in [1.807, 2.05) is 0 Å². The molecule has 6 heteroatoms. The molecule has 0 saturated heterocycles. The number of hydrogen-bond donors (Lipinski definition) is 1. The first-order chi connectivity index (χ1) is 8.59. The Morgan fingerprint density at radius 2 is 2.06 bits per heavy atom. The second-order valence-electron chi connectivity index (χ2n) is 3.61. The molecule has 0 bridgehead atoms. The summed E-state index contributed by atoms with van der Waals surface area (Å²) in [4.78, 5) is 15.1. The lowest BCUT2D eigenvalue weighted by molar-refractivity contribution is -0.388. The smallest absolute Gasteiger partial charge is 0.304 e. The number of hydrogen-bond acceptors (Lipinski definition) is 5. The molecule has 0 aliphatic carbocycles. The van der Waals surface area contributed by atoms with Gasteiger partial charge in [-0.1, -0.05) is 23.9 Å². The van der Waals surface area contributed by atoms with Gasteiger partial charge < -0.3 is 5.11 Å². The summed E-state index contributed by atoms with van der Waals surface area (Å²) in [6.07, 6.45) is 1.52. The second kappa shape index (κ2) is 5.05. The fourth-order valence-corrected chi connectivity index (χ4v) is 2.44. The van der Waals surface area contributed by atoms with Crippen LogP contribution < -0.4 is 0 Å². The SMILES string of the molecule is Cc1ccnc(Sc2ccccc2O)c1[N+](=O)[O-]. The van der Waals surface area contributed by atoms with Gasteiger partial charge in [0.05, 0.1) is 9.82 Å². The number of benzene rings is 1. The van der Waals surface area contributed by atoms with E-state index in [-0.39, 0.29) is 16.5 Å². The van der Waals surface area contributed by atoms with Crippen molar-refractivity contribution >= 4 is 17.4 Å². The van der Waals surface area contributed by atoms with Crippen LogP contribution in [0.25, 0.3) is 0 Å².